The molecule has 0 radical (unpaired) electrons. The van der Waals surface area contributed by atoms with Crippen LogP contribution in [0.2, 0.25) is 0 Å². The molecule has 132 valence electrons. The van der Waals surface area contributed by atoms with Gasteiger partial charge in [0.25, 0.3) is 11.8 Å². The number of hydrogen-bond acceptors (Lipinski definition) is 4. The molecule has 0 unspecified atom stereocenters. The fraction of sp³-hybridized carbons (Fsp3) is 0.556. The Kier molecular flexibility index (Phi) is 6.61. The molecule has 0 fully saturated rings. The minimum atomic E-state index is -0.0996. The molecule has 6 heteroatoms. The van der Waals surface area contributed by atoms with Gasteiger partial charge in [-0.2, -0.15) is 0 Å². The first-order valence-electron chi connectivity index (χ1n) is 8.32. The summed E-state index contributed by atoms with van der Waals surface area (Å²) < 4.78 is 10.6. The number of carbonyl (C=O) groups excluding carboxylic acids is 2. The quantitative estimate of drug-likeness (QED) is 0.826. The van der Waals surface area contributed by atoms with Crippen molar-refractivity contribution >= 4 is 11.8 Å². The van der Waals surface area contributed by atoms with Gasteiger partial charge < -0.3 is 19.7 Å². The molecule has 2 rings (SSSR count). The lowest BCUT2D eigenvalue weighted by molar-refractivity contribution is -0.133. The van der Waals surface area contributed by atoms with Crippen molar-refractivity contribution in [2.75, 3.05) is 33.4 Å². The van der Waals surface area contributed by atoms with Gasteiger partial charge in [0.05, 0.1) is 6.61 Å². The number of nitrogens with one attached hydrogen (secondary N) is 1. The molecule has 1 aliphatic rings. The number of methoxy groups -OCH3 is 1. The fourth-order valence-electron chi connectivity index (χ4n) is 2.49. The molecule has 6 nitrogen and oxygen atoms in total. The van der Waals surface area contributed by atoms with Crippen molar-refractivity contribution in [2.24, 2.45) is 5.92 Å². The monoisotopic (exact) mass is 334 g/mol. The number of hydrogen-bond donors (Lipinski definition) is 1. The highest BCUT2D eigenvalue weighted by Crippen LogP contribution is 2.24. The molecule has 1 heterocycles. The predicted octanol–water partition coefficient (Wildman–Crippen LogP) is 1.83. The fourth-order valence-corrected chi connectivity index (χ4v) is 2.49. The van der Waals surface area contributed by atoms with E-state index in [0.717, 1.165) is 12.0 Å². The van der Waals surface area contributed by atoms with Crippen LogP contribution in [0.4, 0.5) is 0 Å². The molecule has 1 aromatic carbocycles. The van der Waals surface area contributed by atoms with Crippen molar-refractivity contribution in [2.45, 2.75) is 26.8 Å². The normalized spacial score (nSPS) is 14.2. The minimum Gasteiger partial charge on any atom is -0.483 e. The molecular formula is C18H26N2O4. The van der Waals surface area contributed by atoms with Crippen LogP contribution >= 0.6 is 0 Å². The highest BCUT2D eigenvalue weighted by atomic mass is 16.5. The van der Waals surface area contributed by atoms with Gasteiger partial charge in [-0.05, 0) is 30.5 Å². The van der Waals surface area contributed by atoms with Gasteiger partial charge >= 0.3 is 0 Å². The van der Waals surface area contributed by atoms with E-state index in [1.807, 2.05) is 0 Å². The zero-order chi connectivity index (χ0) is 17.5. The molecule has 0 bridgehead atoms. The molecule has 0 saturated carbocycles. The Morgan fingerprint density at radius 2 is 2.21 bits per heavy atom. The first kappa shape index (κ1) is 18.3. The summed E-state index contributed by atoms with van der Waals surface area (Å²) in [6.07, 6.45) is 0.944. The van der Waals surface area contributed by atoms with Crippen LogP contribution in [0.1, 0.15) is 36.2 Å². The van der Waals surface area contributed by atoms with Gasteiger partial charge in [0, 0.05) is 37.9 Å². The van der Waals surface area contributed by atoms with Gasteiger partial charge in [-0.15, -0.1) is 0 Å². The van der Waals surface area contributed by atoms with E-state index in [0.29, 0.717) is 43.5 Å². The van der Waals surface area contributed by atoms with E-state index >= 15 is 0 Å². The molecule has 0 saturated heterocycles. The molecule has 0 spiro atoms. The van der Waals surface area contributed by atoms with Gasteiger partial charge in [0.1, 0.15) is 5.75 Å². The van der Waals surface area contributed by atoms with Gasteiger partial charge in [0.2, 0.25) is 0 Å². The maximum absolute atomic E-state index is 12.3. The van der Waals surface area contributed by atoms with E-state index in [2.05, 4.69) is 19.2 Å². The smallest absolute Gasteiger partial charge is 0.260 e. The zero-order valence-electron chi connectivity index (χ0n) is 14.6. The minimum absolute atomic E-state index is 0.0106. The molecule has 1 aromatic rings. The Morgan fingerprint density at radius 1 is 1.42 bits per heavy atom. The summed E-state index contributed by atoms with van der Waals surface area (Å²) in [4.78, 5) is 26.0. The zero-order valence-corrected chi connectivity index (χ0v) is 14.6. The van der Waals surface area contributed by atoms with Crippen LogP contribution in [0.5, 0.6) is 5.75 Å². The van der Waals surface area contributed by atoms with Crippen LogP contribution in [0.15, 0.2) is 18.2 Å². The summed E-state index contributed by atoms with van der Waals surface area (Å²) in [7, 11) is 1.60. The summed E-state index contributed by atoms with van der Waals surface area (Å²) in [5, 5.41) is 2.93. The van der Waals surface area contributed by atoms with E-state index in [4.69, 9.17) is 9.47 Å². The van der Waals surface area contributed by atoms with Gasteiger partial charge in [0.15, 0.2) is 6.61 Å². The number of ether oxygens (including phenoxy) is 2. The first-order valence-corrected chi connectivity index (χ1v) is 8.32. The summed E-state index contributed by atoms with van der Waals surface area (Å²) in [5.41, 5.74) is 1.43. The van der Waals surface area contributed by atoms with Crippen LogP contribution in [0.3, 0.4) is 0 Å². The van der Waals surface area contributed by atoms with E-state index in [-0.39, 0.29) is 18.4 Å². The molecule has 2 amide bonds. The average Bonchev–Trinajstić information content (AvgIpc) is 2.71. The van der Waals surface area contributed by atoms with E-state index in [1.165, 1.54) is 0 Å². The second-order valence-electron chi connectivity index (χ2n) is 6.36. The Labute approximate surface area is 143 Å². The van der Waals surface area contributed by atoms with Crippen molar-refractivity contribution < 1.29 is 19.1 Å². The van der Waals surface area contributed by atoms with Crippen molar-refractivity contribution in [3.63, 3.8) is 0 Å². The van der Waals surface area contributed by atoms with E-state index in [9.17, 15) is 9.59 Å². The molecular weight excluding hydrogens is 308 g/mol. The lowest BCUT2D eigenvalue weighted by Gasteiger charge is -2.19. The number of carbonyl (C=O) groups is 2. The maximum Gasteiger partial charge on any atom is 0.260 e. The number of fused-ring (bicyclic) bond motifs is 1. The van der Waals surface area contributed by atoms with Crippen LogP contribution in [0, 0.1) is 5.92 Å². The molecule has 0 aliphatic carbocycles. The second-order valence-corrected chi connectivity index (χ2v) is 6.36. The van der Waals surface area contributed by atoms with E-state index < -0.39 is 0 Å². The van der Waals surface area contributed by atoms with Gasteiger partial charge in [-0.25, -0.2) is 0 Å². The van der Waals surface area contributed by atoms with Crippen molar-refractivity contribution in [3.8, 4) is 5.75 Å². The third-order valence-corrected chi connectivity index (χ3v) is 3.96. The number of nitrogens with zero attached hydrogens (tertiary/aromatic N) is 1. The second kappa shape index (κ2) is 8.68. The Morgan fingerprint density at radius 3 is 2.92 bits per heavy atom. The van der Waals surface area contributed by atoms with Gasteiger partial charge in [-0.1, -0.05) is 13.8 Å². The largest absolute Gasteiger partial charge is 0.483 e. The summed E-state index contributed by atoms with van der Waals surface area (Å²) in [6.45, 7) is 6.30. The summed E-state index contributed by atoms with van der Waals surface area (Å²) >= 11 is 0. The Bertz CT molecular complexity index is 586. The SMILES string of the molecule is COCCN1Cc2cc(C(=O)NCCC(C)C)ccc2OCC1=O. The highest BCUT2D eigenvalue weighted by Gasteiger charge is 2.22. The standard InChI is InChI=1S/C18H26N2O4/c1-13(2)6-7-19-18(22)14-4-5-16-15(10-14)11-20(8-9-23-3)17(21)12-24-16/h4-5,10,13H,6-9,11-12H2,1-3H3,(H,19,22). The lowest BCUT2D eigenvalue weighted by Crippen LogP contribution is -2.34. The lowest BCUT2D eigenvalue weighted by atomic mass is 10.1. The first-order chi connectivity index (χ1) is 11.5. The summed E-state index contributed by atoms with van der Waals surface area (Å²) in [5.74, 6) is 1.02. The van der Waals surface area contributed by atoms with Crippen molar-refractivity contribution in [1.82, 2.24) is 10.2 Å². The van der Waals surface area contributed by atoms with Gasteiger partial charge in [-0.3, -0.25) is 9.59 Å². The third kappa shape index (κ3) is 4.96. The van der Waals surface area contributed by atoms with Crippen molar-refractivity contribution in [1.29, 1.82) is 0 Å². The average molecular weight is 334 g/mol. The maximum atomic E-state index is 12.3. The molecule has 1 N–H and O–H groups in total. The third-order valence-electron chi connectivity index (χ3n) is 3.96. The highest BCUT2D eigenvalue weighted by molar-refractivity contribution is 5.94. The van der Waals surface area contributed by atoms with Crippen LogP contribution in [-0.4, -0.2) is 50.1 Å². The Hall–Kier alpha value is -2.08. The predicted molar refractivity (Wildman–Crippen MR) is 91.0 cm³/mol. The van der Waals surface area contributed by atoms with Crippen LogP contribution in [0.25, 0.3) is 0 Å². The molecule has 24 heavy (non-hydrogen) atoms. The van der Waals surface area contributed by atoms with Crippen molar-refractivity contribution in [3.05, 3.63) is 29.3 Å². The molecule has 1 aliphatic heterocycles. The molecule has 0 atom stereocenters. The molecule has 0 aromatic heterocycles. The van der Waals surface area contributed by atoms with E-state index in [1.54, 1.807) is 30.2 Å². The Balaban J connectivity index is 2.08. The van der Waals surface area contributed by atoms with Crippen LogP contribution in [-0.2, 0) is 16.1 Å². The number of amides is 2. The summed E-state index contributed by atoms with van der Waals surface area (Å²) in [6, 6.07) is 5.30. The van der Waals surface area contributed by atoms with Crippen LogP contribution < -0.4 is 10.1 Å². The topological polar surface area (TPSA) is 67.9 Å². The number of benzene rings is 1. The number of rotatable bonds is 7.